The van der Waals surface area contributed by atoms with Gasteiger partial charge in [0, 0.05) is 0 Å². The summed E-state index contributed by atoms with van der Waals surface area (Å²) < 4.78 is 0. The van der Waals surface area contributed by atoms with Gasteiger partial charge >= 0.3 is 7.69 Å². The van der Waals surface area contributed by atoms with Crippen molar-refractivity contribution in [1.29, 1.82) is 0 Å². The molecule has 0 aliphatic rings. The quantitative estimate of drug-likeness (QED) is 0.262. The first-order valence-corrected chi connectivity index (χ1v) is 1.07. The predicted molar refractivity (Wildman–Crippen MR) is 16.1 cm³/mol. The average Bonchev–Trinajstić information content (AvgIpc) is 1.41. The lowest BCUT2D eigenvalue weighted by molar-refractivity contribution is -0.188. The molecule has 0 aromatic carbocycles. The summed E-state index contributed by atoms with van der Waals surface area (Å²) in [6, 6.07) is 0. The van der Waals surface area contributed by atoms with E-state index in [4.69, 9.17) is 5.02 Å². The van der Waals surface area contributed by atoms with Gasteiger partial charge < -0.3 is 5.02 Å². The first kappa shape index (κ1) is 4.94. The summed E-state index contributed by atoms with van der Waals surface area (Å²) in [5.41, 5.74) is 0. The Balaban J connectivity index is 2.19. The van der Waals surface area contributed by atoms with Crippen LogP contribution in [0.1, 0.15) is 0 Å². The molecule has 0 atom stereocenters. The van der Waals surface area contributed by atoms with Crippen LogP contribution in [0.3, 0.4) is 0 Å². The Morgan fingerprint density at radius 2 is 2.40 bits per heavy atom. The number of hydrogen-bond donors (Lipinski definition) is 1. The van der Waals surface area contributed by atoms with Crippen molar-refractivity contribution in [3.05, 3.63) is 0 Å². The van der Waals surface area contributed by atoms with Gasteiger partial charge in [0.2, 0.25) is 0 Å². The Bertz CT molecular complexity index is 14.4. The lowest BCUT2D eigenvalue weighted by atomic mass is 10.4. The van der Waals surface area contributed by atoms with Crippen LogP contribution in [0.25, 0.3) is 0 Å². The Hall–Kier alpha value is -0.0551. The molecule has 0 unspecified atom stereocenters. The van der Waals surface area contributed by atoms with E-state index in [1.54, 1.807) is 0 Å². The molecule has 29 valence electrons. The highest BCUT2D eigenvalue weighted by Gasteiger charge is 1.75. The smallest absolute Gasteiger partial charge is 0.427 e. The Labute approximate surface area is 30.7 Å². The van der Waals surface area contributed by atoms with E-state index in [2.05, 4.69) is 9.69 Å². The molecule has 0 heterocycles. The Morgan fingerprint density at radius 3 is 2.40 bits per heavy atom. The molecule has 3 nitrogen and oxygen atoms in total. The van der Waals surface area contributed by atoms with Crippen molar-refractivity contribution in [1.82, 2.24) is 0 Å². The van der Waals surface area contributed by atoms with Crippen LogP contribution in [0.2, 0.25) is 0 Å². The van der Waals surface area contributed by atoms with Gasteiger partial charge in [-0.2, -0.15) is 0 Å². The van der Waals surface area contributed by atoms with Crippen molar-refractivity contribution in [3.63, 3.8) is 0 Å². The van der Waals surface area contributed by atoms with Crippen LogP contribution in [0.5, 0.6) is 0 Å². The third-order valence-corrected chi connectivity index (χ3v) is 0.139. The second-order valence-electron chi connectivity index (χ2n) is 0.368. The van der Waals surface area contributed by atoms with Crippen LogP contribution in [0.4, 0.5) is 0 Å². The molecular formula is CH4BO3. The maximum absolute atomic E-state index is 7.59. The van der Waals surface area contributed by atoms with E-state index in [0.29, 0.717) is 7.69 Å². The van der Waals surface area contributed by atoms with Gasteiger partial charge in [-0.15, -0.1) is 0 Å². The lowest BCUT2D eigenvalue weighted by Crippen LogP contribution is -1.92. The molecule has 0 aromatic rings. The molecular weight excluding hydrogens is 70.8 g/mol. The van der Waals surface area contributed by atoms with Crippen molar-refractivity contribution in [2.24, 2.45) is 0 Å². The summed E-state index contributed by atoms with van der Waals surface area (Å²) in [6.07, 6.45) is 0. The van der Waals surface area contributed by atoms with Crippen molar-refractivity contribution in [2.45, 2.75) is 0 Å². The molecule has 1 N–H and O–H groups in total. The van der Waals surface area contributed by atoms with Gasteiger partial charge in [0.05, 0.1) is 7.11 Å². The fourth-order valence-corrected chi connectivity index (χ4v) is 0.0430. The maximum Gasteiger partial charge on any atom is 0.521 e. The zero-order valence-electron chi connectivity index (χ0n) is 2.84. The van der Waals surface area contributed by atoms with Gasteiger partial charge in [0.1, 0.15) is 0 Å². The third kappa shape index (κ3) is 3.94. The van der Waals surface area contributed by atoms with E-state index in [1.165, 1.54) is 7.11 Å². The molecule has 0 fully saturated rings. The zero-order valence-corrected chi connectivity index (χ0v) is 2.84. The van der Waals surface area contributed by atoms with Crippen molar-refractivity contribution >= 4 is 7.69 Å². The van der Waals surface area contributed by atoms with Gasteiger partial charge in [0.15, 0.2) is 0 Å². The second-order valence-corrected chi connectivity index (χ2v) is 0.368. The molecule has 0 bridgehead atoms. The summed E-state index contributed by atoms with van der Waals surface area (Å²) in [5.74, 6) is 0. The van der Waals surface area contributed by atoms with E-state index in [1.807, 2.05) is 0 Å². The zero-order chi connectivity index (χ0) is 4.12. The minimum absolute atomic E-state index is 0.458. The van der Waals surface area contributed by atoms with E-state index in [0.717, 1.165) is 0 Å². The normalized spacial score (nSPS) is 7.60. The molecule has 0 saturated heterocycles. The van der Waals surface area contributed by atoms with Crippen LogP contribution in [-0.2, 0) is 9.69 Å². The summed E-state index contributed by atoms with van der Waals surface area (Å²) in [5, 5.41) is 7.59. The van der Waals surface area contributed by atoms with Crippen molar-refractivity contribution in [2.75, 3.05) is 7.11 Å². The molecule has 0 saturated carbocycles. The van der Waals surface area contributed by atoms with E-state index >= 15 is 0 Å². The molecule has 0 aromatic heterocycles. The standard InChI is InChI=1S/CH4BO3/c1-4-5-2-3/h3H,1H3. The lowest BCUT2D eigenvalue weighted by Gasteiger charge is -1.83. The molecule has 0 aliphatic carbocycles. The van der Waals surface area contributed by atoms with Gasteiger partial charge in [-0.05, 0) is 0 Å². The second kappa shape index (κ2) is 3.94. The molecule has 0 aliphatic heterocycles. The van der Waals surface area contributed by atoms with Gasteiger partial charge in [-0.25, -0.2) is 0 Å². The SMILES string of the molecule is COO[B]O. The Kier molecular flexibility index (Phi) is 3.90. The molecule has 0 rings (SSSR count). The van der Waals surface area contributed by atoms with Crippen LogP contribution < -0.4 is 0 Å². The largest absolute Gasteiger partial charge is 0.521 e. The van der Waals surface area contributed by atoms with Gasteiger partial charge in [-0.3, -0.25) is 9.69 Å². The summed E-state index contributed by atoms with van der Waals surface area (Å²) >= 11 is 0. The molecule has 4 heteroatoms. The van der Waals surface area contributed by atoms with E-state index in [9.17, 15) is 0 Å². The number of rotatable bonds is 2. The first-order valence-electron chi connectivity index (χ1n) is 1.07. The van der Waals surface area contributed by atoms with Crippen LogP contribution in [-0.4, -0.2) is 19.8 Å². The van der Waals surface area contributed by atoms with Gasteiger partial charge in [0.25, 0.3) is 0 Å². The van der Waals surface area contributed by atoms with Crippen LogP contribution in [0, 0.1) is 0 Å². The number of hydrogen-bond acceptors (Lipinski definition) is 3. The van der Waals surface area contributed by atoms with Gasteiger partial charge in [-0.1, -0.05) is 0 Å². The minimum Gasteiger partial charge on any atom is -0.427 e. The molecule has 0 amide bonds. The maximum atomic E-state index is 7.59. The topological polar surface area (TPSA) is 38.7 Å². The highest BCUT2D eigenvalue weighted by Crippen LogP contribution is 1.57. The third-order valence-electron chi connectivity index (χ3n) is 0.139. The highest BCUT2D eigenvalue weighted by atomic mass is 17.2. The fraction of sp³-hybridized carbons (Fsp3) is 1.00. The van der Waals surface area contributed by atoms with Crippen LogP contribution >= 0.6 is 0 Å². The highest BCUT2D eigenvalue weighted by molar-refractivity contribution is 6.15. The van der Waals surface area contributed by atoms with Crippen LogP contribution in [0.15, 0.2) is 0 Å². The molecule has 5 heavy (non-hydrogen) atoms. The fourth-order valence-electron chi connectivity index (χ4n) is 0.0430. The summed E-state index contributed by atoms with van der Waals surface area (Å²) in [4.78, 5) is 7.65. The van der Waals surface area contributed by atoms with Crippen molar-refractivity contribution < 1.29 is 14.7 Å². The first-order chi connectivity index (χ1) is 2.41. The monoisotopic (exact) mass is 75.0 g/mol. The van der Waals surface area contributed by atoms with E-state index < -0.39 is 0 Å². The molecule has 0 spiro atoms. The minimum atomic E-state index is 0.458. The molecule has 1 radical (unpaired) electrons. The Morgan fingerprint density at radius 1 is 1.80 bits per heavy atom. The average molecular weight is 74.9 g/mol. The van der Waals surface area contributed by atoms with E-state index in [-0.39, 0.29) is 0 Å². The summed E-state index contributed by atoms with van der Waals surface area (Å²) in [7, 11) is 1.76. The predicted octanol–water partition coefficient (Wildman–Crippen LogP) is -0.909. The van der Waals surface area contributed by atoms with Crippen molar-refractivity contribution in [3.8, 4) is 0 Å². The summed E-state index contributed by atoms with van der Waals surface area (Å²) in [6.45, 7) is 0.